The van der Waals surface area contributed by atoms with Crippen LogP contribution in [-0.2, 0) is 5.41 Å². The van der Waals surface area contributed by atoms with Crippen LogP contribution in [0.3, 0.4) is 0 Å². The van der Waals surface area contributed by atoms with E-state index < -0.39 is 0 Å². The van der Waals surface area contributed by atoms with Crippen molar-refractivity contribution in [2.24, 2.45) is 0 Å². The Hall–Kier alpha value is -1.27. The van der Waals surface area contributed by atoms with Gasteiger partial charge in [0.2, 0.25) is 0 Å². The zero-order valence-electron chi connectivity index (χ0n) is 10.8. The molecule has 1 rings (SSSR count). The maximum Gasteiger partial charge on any atom is 0.137 e. The highest BCUT2D eigenvalue weighted by Gasteiger charge is 2.18. The fourth-order valence-electron chi connectivity index (χ4n) is 1.22. The van der Waals surface area contributed by atoms with E-state index in [0.29, 0.717) is 5.15 Å². The maximum atomic E-state index is 5.98. The molecule has 0 atom stereocenters. The summed E-state index contributed by atoms with van der Waals surface area (Å²) < 4.78 is 0. The van der Waals surface area contributed by atoms with Gasteiger partial charge in [-0.25, -0.2) is 9.97 Å². The molecule has 0 amide bonds. The smallest absolute Gasteiger partial charge is 0.137 e. The van der Waals surface area contributed by atoms with E-state index in [0.717, 1.165) is 24.6 Å². The molecule has 1 aromatic rings. The molecule has 17 heavy (non-hydrogen) atoms. The second-order valence-electron chi connectivity index (χ2n) is 4.75. The van der Waals surface area contributed by atoms with Crippen LogP contribution in [0.5, 0.6) is 0 Å². The lowest BCUT2D eigenvalue weighted by atomic mass is 9.96. The van der Waals surface area contributed by atoms with Crippen molar-refractivity contribution in [2.75, 3.05) is 11.9 Å². The number of anilines is 1. The minimum atomic E-state index is -0.107. The molecule has 4 heteroatoms. The summed E-state index contributed by atoms with van der Waals surface area (Å²) in [6.45, 7) is 8.78. The molecule has 92 valence electrons. The van der Waals surface area contributed by atoms with E-state index >= 15 is 0 Å². The van der Waals surface area contributed by atoms with Gasteiger partial charge in [-0.05, 0) is 6.92 Å². The van der Waals surface area contributed by atoms with Gasteiger partial charge in [0.15, 0.2) is 0 Å². The first-order valence-corrected chi connectivity index (χ1v) is 6.00. The molecule has 1 aromatic heterocycles. The highest BCUT2D eigenvalue weighted by atomic mass is 35.5. The van der Waals surface area contributed by atoms with E-state index in [1.165, 1.54) is 0 Å². The third-order valence-electron chi connectivity index (χ3n) is 2.10. The molecule has 0 aliphatic carbocycles. The third kappa shape index (κ3) is 4.62. The van der Waals surface area contributed by atoms with Crippen molar-refractivity contribution in [3.63, 3.8) is 0 Å². The monoisotopic (exact) mass is 251 g/mol. The van der Waals surface area contributed by atoms with Crippen molar-refractivity contribution in [1.82, 2.24) is 9.97 Å². The quantitative estimate of drug-likeness (QED) is 0.509. The van der Waals surface area contributed by atoms with E-state index in [1.807, 2.05) is 6.92 Å². The van der Waals surface area contributed by atoms with E-state index in [1.54, 1.807) is 6.07 Å². The van der Waals surface area contributed by atoms with Gasteiger partial charge in [-0.1, -0.05) is 32.4 Å². The van der Waals surface area contributed by atoms with Gasteiger partial charge in [0.05, 0.1) is 0 Å². The van der Waals surface area contributed by atoms with Crippen LogP contribution in [0.4, 0.5) is 5.82 Å². The molecule has 0 spiro atoms. The largest absolute Gasteiger partial charge is 0.369 e. The lowest BCUT2D eigenvalue weighted by Gasteiger charge is -2.17. The normalized spacial score (nSPS) is 10.6. The molecule has 3 nitrogen and oxygen atoms in total. The molecule has 1 heterocycles. The van der Waals surface area contributed by atoms with E-state index in [2.05, 4.69) is 47.9 Å². The predicted molar refractivity (Wildman–Crippen MR) is 72.3 cm³/mol. The van der Waals surface area contributed by atoms with Gasteiger partial charge in [0.1, 0.15) is 16.8 Å². The molecule has 0 saturated carbocycles. The first-order valence-electron chi connectivity index (χ1n) is 5.62. The standard InChI is InChI=1S/C13H18ClN3/c1-5-6-7-8-15-11-9-10(14)16-12(17-11)13(2,3)4/h9H,7-8H2,1-4H3,(H,15,16,17). The Morgan fingerprint density at radius 1 is 1.35 bits per heavy atom. The van der Waals surface area contributed by atoms with Crippen LogP contribution in [0.25, 0.3) is 0 Å². The molecule has 0 unspecified atom stereocenters. The molecular weight excluding hydrogens is 234 g/mol. The minimum Gasteiger partial charge on any atom is -0.369 e. The Kier molecular flexibility index (Phi) is 4.77. The average molecular weight is 252 g/mol. The SMILES string of the molecule is CC#CCCNc1cc(Cl)nc(C(C)(C)C)n1. The summed E-state index contributed by atoms with van der Waals surface area (Å²) in [5.41, 5.74) is -0.107. The summed E-state index contributed by atoms with van der Waals surface area (Å²) in [5, 5.41) is 3.66. The number of nitrogens with one attached hydrogen (secondary N) is 1. The fourth-order valence-corrected chi connectivity index (χ4v) is 1.41. The first-order chi connectivity index (χ1) is 7.93. The van der Waals surface area contributed by atoms with E-state index in [4.69, 9.17) is 11.6 Å². The third-order valence-corrected chi connectivity index (χ3v) is 2.29. The Balaban J connectivity index is 2.78. The van der Waals surface area contributed by atoms with E-state index in [9.17, 15) is 0 Å². The molecule has 0 saturated heterocycles. The lowest BCUT2D eigenvalue weighted by Crippen LogP contribution is -2.17. The van der Waals surface area contributed by atoms with Crippen LogP contribution in [0.2, 0.25) is 5.15 Å². The summed E-state index contributed by atoms with van der Waals surface area (Å²) in [6, 6.07) is 1.73. The van der Waals surface area contributed by atoms with Gasteiger partial charge < -0.3 is 5.32 Å². The number of nitrogens with zero attached hydrogens (tertiary/aromatic N) is 2. The number of hydrogen-bond donors (Lipinski definition) is 1. The Labute approximate surface area is 108 Å². The van der Waals surface area contributed by atoms with Crippen LogP contribution in [0.15, 0.2) is 6.07 Å². The van der Waals surface area contributed by atoms with Crippen LogP contribution in [0, 0.1) is 11.8 Å². The second-order valence-corrected chi connectivity index (χ2v) is 5.14. The number of aromatic nitrogens is 2. The number of halogens is 1. The molecule has 0 bridgehead atoms. The Morgan fingerprint density at radius 3 is 2.65 bits per heavy atom. The highest BCUT2D eigenvalue weighted by molar-refractivity contribution is 6.29. The zero-order chi connectivity index (χ0) is 12.9. The summed E-state index contributed by atoms with van der Waals surface area (Å²) >= 11 is 5.98. The molecule has 0 fully saturated rings. The summed E-state index contributed by atoms with van der Waals surface area (Å²) in [6.07, 6.45) is 0.795. The summed E-state index contributed by atoms with van der Waals surface area (Å²) in [4.78, 5) is 8.68. The van der Waals surface area contributed by atoms with Crippen molar-refractivity contribution in [1.29, 1.82) is 0 Å². The molecule has 0 radical (unpaired) electrons. The maximum absolute atomic E-state index is 5.98. The van der Waals surface area contributed by atoms with Gasteiger partial charge in [-0.3, -0.25) is 0 Å². The van der Waals surface area contributed by atoms with Crippen molar-refractivity contribution >= 4 is 17.4 Å². The predicted octanol–water partition coefficient (Wildman–Crippen LogP) is 3.25. The fraction of sp³-hybridized carbons (Fsp3) is 0.538. The first kappa shape index (κ1) is 13.8. The van der Waals surface area contributed by atoms with Gasteiger partial charge >= 0.3 is 0 Å². The van der Waals surface area contributed by atoms with Gasteiger partial charge in [0.25, 0.3) is 0 Å². The van der Waals surface area contributed by atoms with Gasteiger partial charge in [-0.15, -0.1) is 11.8 Å². The average Bonchev–Trinajstić information content (AvgIpc) is 2.22. The van der Waals surface area contributed by atoms with Crippen LogP contribution in [0.1, 0.15) is 39.9 Å². The Bertz CT molecular complexity index is 438. The van der Waals surface area contributed by atoms with Crippen LogP contribution in [-0.4, -0.2) is 16.5 Å². The van der Waals surface area contributed by atoms with Crippen molar-refractivity contribution in [3.8, 4) is 11.8 Å². The summed E-state index contributed by atoms with van der Waals surface area (Å²) in [5.74, 6) is 7.34. The lowest BCUT2D eigenvalue weighted by molar-refractivity contribution is 0.546. The molecular formula is C13H18ClN3. The molecule has 0 aromatic carbocycles. The molecule has 1 N–H and O–H groups in total. The van der Waals surface area contributed by atoms with Gasteiger partial charge in [-0.2, -0.15) is 0 Å². The summed E-state index contributed by atoms with van der Waals surface area (Å²) in [7, 11) is 0. The zero-order valence-corrected chi connectivity index (χ0v) is 11.5. The van der Waals surface area contributed by atoms with Crippen molar-refractivity contribution < 1.29 is 0 Å². The number of rotatable bonds is 3. The van der Waals surface area contributed by atoms with E-state index in [-0.39, 0.29) is 5.41 Å². The minimum absolute atomic E-state index is 0.107. The highest BCUT2D eigenvalue weighted by Crippen LogP contribution is 2.22. The van der Waals surface area contributed by atoms with Crippen molar-refractivity contribution in [2.45, 2.75) is 39.5 Å². The Morgan fingerprint density at radius 2 is 2.06 bits per heavy atom. The van der Waals surface area contributed by atoms with Crippen LogP contribution >= 0.6 is 11.6 Å². The van der Waals surface area contributed by atoms with Gasteiger partial charge in [0, 0.05) is 24.4 Å². The molecule has 0 aliphatic heterocycles. The number of hydrogen-bond acceptors (Lipinski definition) is 3. The van der Waals surface area contributed by atoms with Crippen molar-refractivity contribution in [3.05, 3.63) is 17.0 Å². The second kappa shape index (κ2) is 5.88. The van der Waals surface area contributed by atoms with Crippen LogP contribution < -0.4 is 5.32 Å². The molecule has 0 aliphatic rings. The topological polar surface area (TPSA) is 37.8 Å².